The lowest BCUT2D eigenvalue weighted by atomic mass is 10.1. The summed E-state index contributed by atoms with van der Waals surface area (Å²) in [5.41, 5.74) is 7.11. The van der Waals surface area contributed by atoms with Crippen LogP contribution in [0.3, 0.4) is 0 Å². The number of hydrogen-bond acceptors (Lipinski definition) is 4. The van der Waals surface area contributed by atoms with Gasteiger partial charge in [0.2, 0.25) is 0 Å². The Bertz CT molecular complexity index is 680. The molecule has 0 aromatic heterocycles. The highest BCUT2D eigenvalue weighted by molar-refractivity contribution is 5.40. The highest BCUT2D eigenvalue weighted by atomic mass is 19.1. The van der Waals surface area contributed by atoms with Gasteiger partial charge in [0, 0.05) is 17.7 Å². The molecule has 108 valence electrons. The van der Waals surface area contributed by atoms with E-state index in [0.29, 0.717) is 23.6 Å². The number of ether oxygens (including phenoxy) is 2. The number of benzene rings is 2. The van der Waals surface area contributed by atoms with E-state index in [1.807, 2.05) is 6.07 Å². The summed E-state index contributed by atoms with van der Waals surface area (Å²) in [6.07, 6.45) is 0. The fourth-order valence-electron chi connectivity index (χ4n) is 1.87. The van der Waals surface area contributed by atoms with Crippen molar-refractivity contribution >= 4 is 0 Å². The summed E-state index contributed by atoms with van der Waals surface area (Å²) in [6.45, 7) is 0.360. The van der Waals surface area contributed by atoms with Gasteiger partial charge in [-0.3, -0.25) is 0 Å². The van der Waals surface area contributed by atoms with Crippen molar-refractivity contribution in [2.75, 3.05) is 7.11 Å². The second-order valence-electron chi connectivity index (χ2n) is 4.38. The summed E-state index contributed by atoms with van der Waals surface area (Å²) in [4.78, 5) is 0. The van der Waals surface area contributed by atoms with Gasteiger partial charge in [0.1, 0.15) is 23.9 Å². The Morgan fingerprint density at radius 2 is 2.00 bits per heavy atom. The third-order valence-corrected chi connectivity index (χ3v) is 3.05. The van der Waals surface area contributed by atoms with Crippen molar-refractivity contribution in [1.29, 1.82) is 5.26 Å². The molecule has 0 unspecified atom stereocenters. The van der Waals surface area contributed by atoms with Crippen molar-refractivity contribution in [1.82, 2.24) is 0 Å². The Labute approximate surface area is 122 Å². The number of nitrogens with zero attached hydrogens (tertiary/aromatic N) is 1. The van der Waals surface area contributed by atoms with Crippen LogP contribution >= 0.6 is 0 Å². The van der Waals surface area contributed by atoms with Crippen LogP contribution in [0.25, 0.3) is 0 Å². The molecule has 2 aromatic rings. The molecule has 5 heteroatoms. The smallest absolute Gasteiger partial charge is 0.131 e. The van der Waals surface area contributed by atoms with E-state index in [4.69, 9.17) is 20.5 Å². The third-order valence-electron chi connectivity index (χ3n) is 3.05. The minimum Gasteiger partial charge on any atom is -0.497 e. The fraction of sp³-hybridized carbons (Fsp3) is 0.188. The summed E-state index contributed by atoms with van der Waals surface area (Å²) in [5, 5.41) is 8.70. The SMILES string of the molecule is COc1ccc(OCc2ccc(C#N)cc2F)c(CN)c1. The van der Waals surface area contributed by atoms with E-state index in [-0.39, 0.29) is 12.2 Å². The van der Waals surface area contributed by atoms with E-state index in [9.17, 15) is 4.39 Å². The first-order valence-corrected chi connectivity index (χ1v) is 6.36. The van der Waals surface area contributed by atoms with Gasteiger partial charge in [-0.2, -0.15) is 5.26 Å². The Morgan fingerprint density at radius 3 is 2.62 bits per heavy atom. The minimum absolute atomic E-state index is 0.0663. The molecular formula is C16H15FN2O2. The number of nitriles is 1. The molecule has 0 saturated carbocycles. The predicted molar refractivity (Wildman–Crippen MR) is 76.3 cm³/mol. The monoisotopic (exact) mass is 286 g/mol. The molecule has 0 aliphatic carbocycles. The Hall–Kier alpha value is -2.58. The first-order chi connectivity index (χ1) is 10.2. The summed E-state index contributed by atoms with van der Waals surface area (Å²) >= 11 is 0. The first-order valence-electron chi connectivity index (χ1n) is 6.36. The Morgan fingerprint density at radius 1 is 1.19 bits per heavy atom. The zero-order valence-electron chi connectivity index (χ0n) is 11.6. The van der Waals surface area contributed by atoms with Crippen LogP contribution in [-0.2, 0) is 13.2 Å². The van der Waals surface area contributed by atoms with Crippen LogP contribution in [0.4, 0.5) is 4.39 Å². The quantitative estimate of drug-likeness (QED) is 0.917. The van der Waals surface area contributed by atoms with E-state index >= 15 is 0 Å². The molecule has 0 amide bonds. The molecule has 4 nitrogen and oxygen atoms in total. The van der Waals surface area contributed by atoms with Crippen LogP contribution in [0.2, 0.25) is 0 Å². The van der Waals surface area contributed by atoms with Crippen molar-refractivity contribution in [2.24, 2.45) is 5.73 Å². The van der Waals surface area contributed by atoms with Crippen LogP contribution in [-0.4, -0.2) is 7.11 Å². The second kappa shape index (κ2) is 6.73. The first kappa shape index (κ1) is 14.8. The minimum atomic E-state index is -0.461. The molecule has 0 radical (unpaired) electrons. The molecule has 0 atom stereocenters. The molecule has 0 bridgehead atoms. The lowest BCUT2D eigenvalue weighted by molar-refractivity contribution is 0.296. The average Bonchev–Trinajstić information content (AvgIpc) is 2.53. The predicted octanol–water partition coefficient (Wildman–Crippen LogP) is 2.74. The second-order valence-corrected chi connectivity index (χ2v) is 4.38. The standard InChI is InChI=1S/C16H15FN2O2/c1-20-14-4-5-16(13(7-14)9-19)21-10-12-3-2-11(8-18)6-15(12)17/h2-7H,9-10,19H2,1H3. The maximum Gasteiger partial charge on any atom is 0.131 e. The van der Waals surface area contributed by atoms with Crippen molar-refractivity contribution in [3.63, 3.8) is 0 Å². The maximum absolute atomic E-state index is 13.8. The molecule has 2 rings (SSSR count). The van der Waals surface area contributed by atoms with Gasteiger partial charge in [-0.05, 0) is 30.3 Å². The van der Waals surface area contributed by atoms with E-state index in [2.05, 4.69) is 0 Å². The molecule has 2 N–H and O–H groups in total. The lowest BCUT2D eigenvalue weighted by Crippen LogP contribution is -2.04. The van der Waals surface area contributed by atoms with Crippen molar-refractivity contribution in [3.8, 4) is 17.6 Å². The summed E-state index contributed by atoms with van der Waals surface area (Å²) in [5.74, 6) is 0.811. The molecule has 0 aliphatic heterocycles. The van der Waals surface area contributed by atoms with Crippen LogP contribution in [0.15, 0.2) is 36.4 Å². The largest absolute Gasteiger partial charge is 0.497 e. The van der Waals surface area contributed by atoms with Gasteiger partial charge in [0.15, 0.2) is 0 Å². The normalized spacial score (nSPS) is 10.0. The van der Waals surface area contributed by atoms with E-state index < -0.39 is 5.82 Å². The molecule has 0 fully saturated rings. The summed E-state index contributed by atoms with van der Waals surface area (Å²) in [7, 11) is 1.57. The number of methoxy groups -OCH3 is 1. The van der Waals surface area contributed by atoms with Gasteiger partial charge < -0.3 is 15.2 Å². The molecule has 21 heavy (non-hydrogen) atoms. The zero-order chi connectivity index (χ0) is 15.2. The lowest BCUT2D eigenvalue weighted by Gasteiger charge is -2.12. The highest BCUT2D eigenvalue weighted by Gasteiger charge is 2.08. The molecular weight excluding hydrogens is 271 g/mol. The molecule has 0 aliphatic rings. The number of rotatable bonds is 5. The molecule has 2 aromatic carbocycles. The van der Waals surface area contributed by atoms with Crippen molar-refractivity contribution in [3.05, 3.63) is 58.9 Å². The topological polar surface area (TPSA) is 68.3 Å². The Balaban J connectivity index is 2.15. The van der Waals surface area contributed by atoms with Crippen LogP contribution in [0.1, 0.15) is 16.7 Å². The highest BCUT2D eigenvalue weighted by Crippen LogP contribution is 2.25. The van der Waals surface area contributed by atoms with E-state index in [1.165, 1.54) is 6.07 Å². The van der Waals surface area contributed by atoms with Gasteiger partial charge in [-0.1, -0.05) is 6.07 Å². The van der Waals surface area contributed by atoms with E-state index in [0.717, 1.165) is 5.56 Å². The molecule has 0 saturated heterocycles. The number of hydrogen-bond donors (Lipinski definition) is 1. The zero-order valence-corrected chi connectivity index (χ0v) is 11.6. The van der Waals surface area contributed by atoms with Crippen molar-refractivity contribution < 1.29 is 13.9 Å². The van der Waals surface area contributed by atoms with Crippen LogP contribution < -0.4 is 15.2 Å². The maximum atomic E-state index is 13.8. The molecule has 0 spiro atoms. The number of nitrogens with two attached hydrogens (primary N) is 1. The van der Waals surface area contributed by atoms with E-state index in [1.54, 1.807) is 37.4 Å². The van der Waals surface area contributed by atoms with Gasteiger partial charge >= 0.3 is 0 Å². The van der Waals surface area contributed by atoms with Crippen molar-refractivity contribution in [2.45, 2.75) is 13.2 Å². The van der Waals surface area contributed by atoms with Gasteiger partial charge in [-0.25, -0.2) is 4.39 Å². The van der Waals surface area contributed by atoms with Gasteiger partial charge in [-0.15, -0.1) is 0 Å². The summed E-state index contributed by atoms with van der Waals surface area (Å²) in [6, 6.07) is 11.5. The molecule has 0 heterocycles. The van der Waals surface area contributed by atoms with Crippen LogP contribution in [0, 0.1) is 17.1 Å². The Kier molecular flexibility index (Phi) is 4.75. The van der Waals surface area contributed by atoms with Gasteiger partial charge in [0.25, 0.3) is 0 Å². The van der Waals surface area contributed by atoms with Gasteiger partial charge in [0.05, 0.1) is 18.7 Å². The number of halogens is 1. The summed E-state index contributed by atoms with van der Waals surface area (Å²) < 4.78 is 24.5. The third kappa shape index (κ3) is 3.50. The average molecular weight is 286 g/mol. The fourth-order valence-corrected chi connectivity index (χ4v) is 1.87. The van der Waals surface area contributed by atoms with Crippen LogP contribution in [0.5, 0.6) is 11.5 Å².